The van der Waals surface area contributed by atoms with Crippen LogP contribution in [0.4, 0.5) is 0 Å². The first-order valence-electron chi connectivity index (χ1n) is 6.01. The second-order valence-corrected chi connectivity index (χ2v) is 5.00. The molecule has 3 aromatic rings. The largest absolute Gasteiger partial charge is 0.487 e. The van der Waals surface area contributed by atoms with E-state index < -0.39 is 0 Å². The Kier molecular flexibility index (Phi) is 3.72. The molecule has 3 rings (SSSR count). The van der Waals surface area contributed by atoms with Crippen LogP contribution in [-0.4, -0.2) is 9.97 Å². The summed E-state index contributed by atoms with van der Waals surface area (Å²) in [7, 11) is 0. The molecule has 100 valence electrons. The normalized spacial score (nSPS) is 10.7. The lowest BCUT2D eigenvalue weighted by molar-refractivity contribution is 0.302. The highest BCUT2D eigenvalue weighted by atomic mass is 35.5. The lowest BCUT2D eigenvalue weighted by atomic mass is 10.2. The first-order chi connectivity index (χ1) is 9.72. The Hall–Kier alpha value is -1.84. The Morgan fingerprint density at radius 2 is 1.95 bits per heavy atom. The van der Waals surface area contributed by atoms with Crippen molar-refractivity contribution in [3.05, 3.63) is 64.5 Å². The molecule has 1 aromatic carbocycles. The van der Waals surface area contributed by atoms with Gasteiger partial charge in [0, 0.05) is 17.6 Å². The quantitative estimate of drug-likeness (QED) is 0.668. The molecule has 0 spiro atoms. The molecule has 0 radical (unpaired) electrons. The van der Waals surface area contributed by atoms with Gasteiger partial charge in [0.15, 0.2) is 0 Å². The smallest absolute Gasteiger partial charge is 0.132 e. The summed E-state index contributed by atoms with van der Waals surface area (Å²) < 4.78 is 5.69. The Morgan fingerprint density at radius 3 is 2.85 bits per heavy atom. The number of ether oxygens (including phenoxy) is 1. The minimum Gasteiger partial charge on any atom is -0.487 e. The van der Waals surface area contributed by atoms with Crippen molar-refractivity contribution in [1.82, 2.24) is 9.97 Å². The van der Waals surface area contributed by atoms with E-state index in [-0.39, 0.29) is 6.61 Å². The third-order valence-electron chi connectivity index (χ3n) is 2.84. The molecule has 0 saturated carbocycles. The van der Waals surface area contributed by atoms with Gasteiger partial charge in [-0.25, -0.2) is 4.98 Å². The molecule has 2 heterocycles. The molecular formula is C15H10Cl2N2O. The Balaban J connectivity index is 1.81. The second kappa shape index (κ2) is 5.65. The summed E-state index contributed by atoms with van der Waals surface area (Å²) in [6.45, 7) is 0.262. The molecule has 0 aliphatic heterocycles. The van der Waals surface area contributed by atoms with E-state index in [0.717, 1.165) is 10.9 Å². The van der Waals surface area contributed by atoms with E-state index in [2.05, 4.69) is 9.97 Å². The minimum absolute atomic E-state index is 0.262. The van der Waals surface area contributed by atoms with E-state index in [4.69, 9.17) is 27.9 Å². The Labute approximate surface area is 126 Å². The third kappa shape index (κ3) is 2.84. The van der Waals surface area contributed by atoms with Gasteiger partial charge in [0.05, 0.1) is 16.2 Å². The van der Waals surface area contributed by atoms with E-state index in [1.54, 1.807) is 18.3 Å². The SMILES string of the molecule is Clc1ccc(Cl)c(COc2ccc3cccnc3c2)n1. The highest BCUT2D eigenvalue weighted by Gasteiger charge is 2.05. The summed E-state index contributed by atoms with van der Waals surface area (Å²) in [5, 5.41) is 2.00. The summed E-state index contributed by atoms with van der Waals surface area (Å²) in [5.41, 5.74) is 1.50. The predicted octanol–water partition coefficient (Wildman–Crippen LogP) is 4.52. The molecule has 5 heteroatoms. The monoisotopic (exact) mass is 304 g/mol. The predicted molar refractivity (Wildman–Crippen MR) is 80.3 cm³/mol. The van der Waals surface area contributed by atoms with Gasteiger partial charge in [-0.2, -0.15) is 0 Å². The van der Waals surface area contributed by atoms with Gasteiger partial charge in [0.25, 0.3) is 0 Å². The van der Waals surface area contributed by atoms with Gasteiger partial charge in [-0.05, 0) is 30.3 Å². The molecule has 0 amide bonds. The van der Waals surface area contributed by atoms with Gasteiger partial charge in [0.1, 0.15) is 17.5 Å². The Bertz CT molecular complexity index is 762. The molecule has 0 fully saturated rings. The molecule has 20 heavy (non-hydrogen) atoms. The van der Waals surface area contributed by atoms with Gasteiger partial charge < -0.3 is 4.74 Å². The van der Waals surface area contributed by atoms with Crippen LogP contribution >= 0.6 is 23.2 Å². The number of benzene rings is 1. The number of pyridine rings is 2. The zero-order valence-corrected chi connectivity index (χ0v) is 11.9. The fourth-order valence-corrected chi connectivity index (χ4v) is 2.17. The second-order valence-electron chi connectivity index (χ2n) is 4.21. The first kappa shape index (κ1) is 13.2. The number of aromatic nitrogens is 2. The van der Waals surface area contributed by atoms with Crippen molar-refractivity contribution in [3.63, 3.8) is 0 Å². The summed E-state index contributed by atoms with van der Waals surface area (Å²) in [6, 6.07) is 13.0. The third-order valence-corrected chi connectivity index (χ3v) is 3.39. The van der Waals surface area contributed by atoms with Crippen LogP contribution in [0.1, 0.15) is 5.69 Å². The van der Waals surface area contributed by atoms with Crippen molar-refractivity contribution < 1.29 is 4.74 Å². The van der Waals surface area contributed by atoms with Crippen molar-refractivity contribution >= 4 is 34.1 Å². The summed E-state index contributed by atoms with van der Waals surface area (Å²) >= 11 is 11.9. The van der Waals surface area contributed by atoms with Crippen molar-refractivity contribution in [2.75, 3.05) is 0 Å². The van der Waals surface area contributed by atoms with E-state index >= 15 is 0 Å². The number of hydrogen-bond donors (Lipinski definition) is 0. The van der Waals surface area contributed by atoms with Gasteiger partial charge in [-0.3, -0.25) is 4.98 Å². The maximum Gasteiger partial charge on any atom is 0.132 e. The maximum absolute atomic E-state index is 6.04. The fourth-order valence-electron chi connectivity index (χ4n) is 1.85. The average Bonchev–Trinajstić information content (AvgIpc) is 2.48. The van der Waals surface area contributed by atoms with E-state index in [0.29, 0.717) is 21.6 Å². The van der Waals surface area contributed by atoms with Gasteiger partial charge >= 0.3 is 0 Å². The lowest BCUT2D eigenvalue weighted by Gasteiger charge is -2.08. The molecular weight excluding hydrogens is 295 g/mol. The van der Waals surface area contributed by atoms with Gasteiger partial charge in [-0.1, -0.05) is 29.3 Å². The standard InChI is InChI=1S/C15H10Cl2N2O/c16-12-5-6-15(17)19-14(12)9-20-11-4-3-10-2-1-7-18-13(10)8-11/h1-8H,9H2. The molecule has 0 saturated heterocycles. The van der Waals surface area contributed by atoms with E-state index in [1.807, 2.05) is 30.3 Å². The highest BCUT2D eigenvalue weighted by molar-refractivity contribution is 6.32. The van der Waals surface area contributed by atoms with Crippen molar-refractivity contribution in [1.29, 1.82) is 0 Å². The van der Waals surface area contributed by atoms with E-state index in [1.165, 1.54) is 0 Å². The van der Waals surface area contributed by atoms with Crippen LogP contribution in [0.3, 0.4) is 0 Å². The molecule has 2 aromatic heterocycles. The van der Waals surface area contributed by atoms with Crippen LogP contribution in [-0.2, 0) is 6.61 Å². The molecule has 0 N–H and O–H groups in total. The molecule has 3 nitrogen and oxygen atoms in total. The van der Waals surface area contributed by atoms with Gasteiger partial charge in [0.2, 0.25) is 0 Å². The lowest BCUT2D eigenvalue weighted by Crippen LogP contribution is -1.99. The summed E-state index contributed by atoms with van der Waals surface area (Å²) in [4.78, 5) is 8.43. The Morgan fingerprint density at radius 1 is 1.05 bits per heavy atom. The number of fused-ring (bicyclic) bond motifs is 1. The average molecular weight is 305 g/mol. The van der Waals surface area contributed by atoms with E-state index in [9.17, 15) is 0 Å². The topological polar surface area (TPSA) is 35.0 Å². The number of hydrogen-bond acceptors (Lipinski definition) is 3. The zero-order chi connectivity index (χ0) is 13.9. The number of rotatable bonds is 3. The molecule has 0 atom stereocenters. The van der Waals surface area contributed by atoms with Crippen LogP contribution in [0.2, 0.25) is 10.2 Å². The summed E-state index contributed by atoms with van der Waals surface area (Å²) in [5.74, 6) is 0.717. The highest BCUT2D eigenvalue weighted by Crippen LogP contribution is 2.22. The molecule has 0 aliphatic carbocycles. The zero-order valence-electron chi connectivity index (χ0n) is 10.4. The number of halogens is 2. The maximum atomic E-state index is 6.04. The van der Waals surface area contributed by atoms with Crippen molar-refractivity contribution in [3.8, 4) is 5.75 Å². The van der Waals surface area contributed by atoms with Crippen LogP contribution in [0.25, 0.3) is 10.9 Å². The fraction of sp³-hybridized carbons (Fsp3) is 0.0667. The van der Waals surface area contributed by atoms with Crippen LogP contribution in [0.5, 0.6) is 5.75 Å². The molecule has 0 aliphatic rings. The van der Waals surface area contributed by atoms with Crippen LogP contribution in [0.15, 0.2) is 48.7 Å². The van der Waals surface area contributed by atoms with Crippen LogP contribution in [0, 0.1) is 0 Å². The number of nitrogens with zero attached hydrogens (tertiary/aromatic N) is 2. The van der Waals surface area contributed by atoms with Crippen molar-refractivity contribution in [2.45, 2.75) is 6.61 Å². The minimum atomic E-state index is 0.262. The van der Waals surface area contributed by atoms with Crippen molar-refractivity contribution in [2.24, 2.45) is 0 Å². The van der Waals surface area contributed by atoms with Crippen LogP contribution < -0.4 is 4.74 Å². The summed E-state index contributed by atoms with van der Waals surface area (Å²) in [6.07, 6.45) is 1.75. The van der Waals surface area contributed by atoms with Gasteiger partial charge in [-0.15, -0.1) is 0 Å². The molecule has 0 unspecified atom stereocenters. The first-order valence-corrected chi connectivity index (χ1v) is 6.76. The molecule has 0 bridgehead atoms.